The molecule has 0 saturated heterocycles. The van der Waals surface area contributed by atoms with Crippen molar-refractivity contribution in [2.75, 3.05) is 24.0 Å². The van der Waals surface area contributed by atoms with Crippen LogP contribution >= 0.6 is 0 Å². The van der Waals surface area contributed by atoms with Crippen LogP contribution in [0, 0.1) is 10.1 Å². The first-order chi connectivity index (χ1) is 14.0. The van der Waals surface area contributed by atoms with Crippen LogP contribution in [-0.4, -0.2) is 24.7 Å². The van der Waals surface area contributed by atoms with Crippen LogP contribution in [0.2, 0.25) is 0 Å². The quantitative estimate of drug-likeness (QED) is 0.456. The monoisotopic (exact) mass is 386 g/mol. The maximum atomic E-state index is 10.9. The summed E-state index contributed by atoms with van der Waals surface area (Å²) in [5.41, 5.74) is 5.26. The maximum absolute atomic E-state index is 10.9. The first-order valence-electron chi connectivity index (χ1n) is 9.47. The zero-order chi connectivity index (χ0) is 20.4. The Balaban J connectivity index is 1.69. The fourth-order valence-electron chi connectivity index (χ4n) is 3.53. The Hall–Kier alpha value is -3.67. The van der Waals surface area contributed by atoms with Gasteiger partial charge in [0.2, 0.25) is 0 Å². The molecule has 1 atom stereocenters. The average molecular weight is 386 g/mol. The summed E-state index contributed by atoms with van der Waals surface area (Å²) in [4.78, 5) is 12.6. The van der Waals surface area contributed by atoms with E-state index in [9.17, 15) is 10.1 Å². The van der Waals surface area contributed by atoms with E-state index in [2.05, 4.69) is 29.2 Å². The second kappa shape index (κ2) is 7.75. The molecule has 6 nitrogen and oxygen atoms in total. The Morgan fingerprint density at radius 3 is 2.21 bits per heavy atom. The summed E-state index contributed by atoms with van der Waals surface area (Å²) in [7, 11) is 4.05. The number of nitrogens with zero attached hydrogens (tertiary/aromatic N) is 4. The van der Waals surface area contributed by atoms with Crippen molar-refractivity contribution >= 4 is 22.8 Å². The van der Waals surface area contributed by atoms with Crippen LogP contribution in [0.5, 0.6) is 0 Å². The number of anilines is 2. The molecule has 1 aliphatic heterocycles. The van der Waals surface area contributed by atoms with E-state index in [1.807, 2.05) is 49.4 Å². The van der Waals surface area contributed by atoms with E-state index in [4.69, 9.17) is 5.10 Å². The lowest BCUT2D eigenvalue weighted by Gasteiger charge is -2.24. The molecule has 3 aromatic rings. The van der Waals surface area contributed by atoms with Gasteiger partial charge in [-0.1, -0.05) is 30.3 Å². The second-order valence-corrected chi connectivity index (χ2v) is 7.24. The summed E-state index contributed by atoms with van der Waals surface area (Å²) >= 11 is 0. The van der Waals surface area contributed by atoms with E-state index in [1.165, 1.54) is 17.7 Å². The molecule has 29 heavy (non-hydrogen) atoms. The number of para-hydroxylation sites is 1. The van der Waals surface area contributed by atoms with Gasteiger partial charge in [0.1, 0.15) is 0 Å². The highest BCUT2D eigenvalue weighted by molar-refractivity contribution is 6.03. The Morgan fingerprint density at radius 2 is 1.62 bits per heavy atom. The van der Waals surface area contributed by atoms with Gasteiger partial charge in [-0.15, -0.1) is 0 Å². The van der Waals surface area contributed by atoms with Crippen molar-refractivity contribution in [3.8, 4) is 0 Å². The molecule has 146 valence electrons. The summed E-state index contributed by atoms with van der Waals surface area (Å²) in [6.07, 6.45) is 0.730. The maximum Gasteiger partial charge on any atom is 0.269 e. The zero-order valence-corrected chi connectivity index (χ0v) is 16.4. The number of benzene rings is 3. The van der Waals surface area contributed by atoms with Gasteiger partial charge in [-0.25, -0.2) is 0 Å². The van der Waals surface area contributed by atoms with Gasteiger partial charge in [-0.2, -0.15) is 5.10 Å². The molecule has 0 fully saturated rings. The van der Waals surface area contributed by atoms with Crippen LogP contribution in [0.1, 0.15) is 23.6 Å². The fourth-order valence-corrected chi connectivity index (χ4v) is 3.53. The third-order valence-corrected chi connectivity index (χ3v) is 5.14. The van der Waals surface area contributed by atoms with Gasteiger partial charge in [0.25, 0.3) is 5.69 Å². The van der Waals surface area contributed by atoms with Gasteiger partial charge in [-0.3, -0.25) is 15.1 Å². The molecular formula is C23H22N4O2. The Bertz CT molecular complexity index is 1030. The summed E-state index contributed by atoms with van der Waals surface area (Å²) < 4.78 is 0. The number of rotatable bonds is 5. The van der Waals surface area contributed by atoms with Crippen molar-refractivity contribution in [3.05, 3.63) is 100 Å². The number of hydrazone groups is 1. The van der Waals surface area contributed by atoms with E-state index in [1.54, 1.807) is 12.1 Å². The predicted octanol–water partition coefficient (Wildman–Crippen LogP) is 5.02. The van der Waals surface area contributed by atoms with E-state index in [0.717, 1.165) is 29.1 Å². The normalized spacial score (nSPS) is 15.9. The molecule has 3 aromatic carbocycles. The second-order valence-electron chi connectivity index (χ2n) is 7.24. The number of nitro groups is 1. The lowest BCUT2D eigenvalue weighted by molar-refractivity contribution is -0.384. The molecule has 6 heteroatoms. The molecule has 0 aliphatic carbocycles. The molecule has 0 spiro atoms. The van der Waals surface area contributed by atoms with Crippen LogP contribution in [0.3, 0.4) is 0 Å². The number of non-ortho nitro benzene ring substituents is 1. The summed E-state index contributed by atoms with van der Waals surface area (Å²) in [5.74, 6) is 0. The molecule has 0 saturated carbocycles. The molecule has 0 bridgehead atoms. The topological polar surface area (TPSA) is 62.0 Å². The zero-order valence-electron chi connectivity index (χ0n) is 16.4. The van der Waals surface area contributed by atoms with Gasteiger partial charge in [0, 0.05) is 38.3 Å². The van der Waals surface area contributed by atoms with Gasteiger partial charge in [-0.05, 0) is 47.5 Å². The minimum absolute atomic E-state index is 0.0683. The standard InChI is InChI=1S/C23H22N4O2/c1-25(2)19-12-10-18(11-13-19)23-16-22(17-8-14-21(15-9-17)27(28)29)24-26(23)20-6-4-3-5-7-20/h3-15,23H,16H2,1-2H3/t23-/m0/s1. The van der Waals surface area contributed by atoms with Crippen molar-refractivity contribution in [3.63, 3.8) is 0 Å². The van der Waals surface area contributed by atoms with Gasteiger partial charge in [0.05, 0.1) is 22.4 Å². The SMILES string of the molecule is CN(C)c1ccc([C@@H]2CC(c3ccc([N+](=O)[O-])cc3)=NN2c2ccccc2)cc1. The Labute approximate surface area is 169 Å². The average Bonchev–Trinajstić information content (AvgIpc) is 3.20. The Morgan fingerprint density at radius 1 is 0.966 bits per heavy atom. The minimum Gasteiger partial charge on any atom is -0.378 e. The van der Waals surface area contributed by atoms with Crippen LogP contribution in [0.25, 0.3) is 0 Å². The smallest absolute Gasteiger partial charge is 0.269 e. The third kappa shape index (κ3) is 3.82. The van der Waals surface area contributed by atoms with E-state index in [0.29, 0.717) is 0 Å². The molecule has 0 unspecified atom stereocenters. The molecule has 0 amide bonds. The highest BCUT2D eigenvalue weighted by atomic mass is 16.6. The minimum atomic E-state index is -0.383. The largest absolute Gasteiger partial charge is 0.378 e. The summed E-state index contributed by atoms with van der Waals surface area (Å²) in [5, 5.41) is 17.9. The molecule has 1 heterocycles. The van der Waals surface area contributed by atoms with Gasteiger partial charge >= 0.3 is 0 Å². The van der Waals surface area contributed by atoms with Crippen LogP contribution in [-0.2, 0) is 0 Å². The van der Waals surface area contributed by atoms with E-state index in [-0.39, 0.29) is 16.7 Å². The van der Waals surface area contributed by atoms with Crippen molar-refractivity contribution in [1.29, 1.82) is 0 Å². The predicted molar refractivity (Wildman–Crippen MR) is 117 cm³/mol. The van der Waals surface area contributed by atoms with Crippen molar-refractivity contribution in [2.24, 2.45) is 5.10 Å². The van der Waals surface area contributed by atoms with E-state index >= 15 is 0 Å². The van der Waals surface area contributed by atoms with E-state index < -0.39 is 0 Å². The summed E-state index contributed by atoms with van der Waals surface area (Å²) in [6, 6.07) is 25.3. The highest BCUT2D eigenvalue weighted by Crippen LogP contribution is 2.37. The number of hydrogen-bond acceptors (Lipinski definition) is 5. The van der Waals surface area contributed by atoms with Gasteiger partial charge < -0.3 is 4.90 Å². The Kier molecular flexibility index (Phi) is 4.99. The van der Waals surface area contributed by atoms with Crippen LogP contribution in [0.15, 0.2) is 84.0 Å². The number of hydrogen-bond donors (Lipinski definition) is 0. The third-order valence-electron chi connectivity index (χ3n) is 5.14. The van der Waals surface area contributed by atoms with Crippen molar-refractivity contribution in [1.82, 2.24) is 0 Å². The van der Waals surface area contributed by atoms with Crippen LogP contribution in [0.4, 0.5) is 17.1 Å². The first-order valence-corrected chi connectivity index (χ1v) is 9.47. The van der Waals surface area contributed by atoms with Crippen molar-refractivity contribution in [2.45, 2.75) is 12.5 Å². The molecule has 0 radical (unpaired) electrons. The fraction of sp³-hybridized carbons (Fsp3) is 0.174. The molecule has 1 aliphatic rings. The molecule has 0 N–H and O–H groups in total. The lowest BCUT2D eigenvalue weighted by Crippen LogP contribution is -2.18. The highest BCUT2D eigenvalue weighted by Gasteiger charge is 2.30. The van der Waals surface area contributed by atoms with Crippen molar-refractivity contribution < 1.29 is 4.92 Å². The van der Waals surface area contributed by atoms with Gasteiger partial charge in [0.15, 0.2) is 0 Å². The molecule has 0 aromatic heterocycles. The first kappa shape index (κ1) is 18.7. The molecule has 4 rings (SSSR count). The number of nitro benzene ring substituents is 1. The van der Waals surface area contributed by atoms with Crippen LogP contribution < -0.4 is 9.91 Å². The summed E-state index contributed by atoms with van der Waals surface area (Å²) in [6.45, 7) is 0. The lowest BCUT2D eigenvalue weighted by atomic mass is 9.97. The molecular weight excluding hydrogens is 364 g/mol.